The molecule has 0 bridgehead atoms. The van der Waals surface area contributed by atoms with Gasteiger partial charge in [-0.25, -0.2) is 0 Å². The lowest BCUT2D eigenvalue weighted by atomic mass is 9.84. The third-order valence-corrected chi connectivity index (χ3v) is 19.5. The Morgan fingerprint density at radius 2 is 0.542 bits per heavy atom. The molecule has 1 saturated carbocycles. The fourth-order valence-electron chi connectivity index (χ4n) is 11.8. The number of phenolic OH excluding ortho intramolecular Hbond substituents is 1. The maximum atomic E-state index is 11.1. The first kappa shape index (κ1) is 110. The molecule has 0 unspecified atom stereocenters. The molecule has 131 heavy (non-hydrogen) atoms. The summed E-state index contributed by atoms with van der Waals surface area (Å²) in [7, 11) is 4.80. The van der Waals surface area contributed by atoms with E-state index in [9.17, 15) is 62.3 Å². The molecular weight excluding hydrogens is 1650 g/mol. The van der Waals surface area contributed by atoms with Crippen LogP contribution in [0.5, 0.6) is 23.0 Å². The van der Waals surface area contributed by atoms with Crippen LogP contribution in [0.4, 0.5) is 11.4 Å². The van der Waals surface area contributed by atoms with Crippen molar-refractivity contribution in [2.75, 3.05) is 32.0 Å². The summed E-state index contributed by atoms with van der Waals surface area (Å²) in [6.07, 6.45) is 6.75. The molecule has 3 N–H and O–H groups in total. The van der Waals surface area contributed by atoms with Crippen molar-refractivity contribution >= 4 is 86.8 Å². The minimum absolute atomic E-state index is 0.00722. The van der Waals surface area contributed by atoms with E-state index < -0.39 is 0 Å². The van der Waals surface area contributed by atoms with Gasteiger partial charge in [-0.15, -0.1) is 0 Å². The molecule has 0 aromatic heterocycles. The van der Waals surface area contributed by atoms with Gasteiger partial charge in [0.1, 0.15) is 23.0 Å². The third-order valence-electron chi connectivity index (χ3n) is 19.5. The summed E-state index contributed by atoms with van der Waals surface area (Å²) in [5.41, 5.74) is 15.4. The summed E-state index contributed by atoms with van der Waals surface area (Å²) in [5.74, 6) is 3.85. The Labute approximate surface area is 772 Å². The fraction of sp³-hybridized carbons (Fsp3) is 0.241. The average molecular weight is 1770 g/mol. The van der Waals surface area contributed by atoms with Crippen LogP contribution in [0.15, 0.2) is 303 Å². The number of para-hydroxylation sites is 1. The number of aromatic hydroxyl groups is 1. The number of nitrogens with one attached hydrogen (secondary N) is 2. The Bertz CT molecular complexity index is 5450. The fourth-order valence-corrected chi connectivity index (χ4v) is 11.8. The number of carbonyl (C=O) groups is 13. The molecule has 13 rings (SSSR count). The first-order chi connectivity index (χ1) is 62.0. The number of hydrogen-bond acceptors (Lipinski definition) is 17. The quantitative estimate of drug-likeness (QED) is 0.0673. The largest absolute Gasteiger partial charge is 0.508 e. The second-order valence-electron chi connectivity index (χ2n) is 31.3. The molecular formula is C112H124N2O17. The van der Waals surface area contributed by atoms with E-state index >= 15 is 0 Å². The summed E-state index contributed by atoms with van der Waals surface area (Å²) < 4.78 is 14.8. The second-order valence-corrected chi connectivity index (χ2v) is 31.3. The van der Waals surface area contributed by atoms with Crippen LogP contribution in [-0.4, -0.2) is 102 Å². The monoisotopic (exact) mass is 1770 g/mol. The van der Waals surface area contributed by atoms with Crippen molar-refractivity contribution in [3.8, 4) is 34.1 Å². The zero-order valence-electron chi connectivity index (χ0n) is 79.0. The summed E-state index contributed by atoms with van der Waals surface area (Å²) in [6, 6.07) is 91.7. The number of anilines is 2. The van der Waals surface area contributed by atoms with Gasteiger partial charge in [0.25, 0.3) is 0 Å². The number of rotatable bonds is 18. The highest BCUT2D eigenvalue weighted by Crippen LogP contribution is 2.33. The minimum atomic E-state index is -0.138. The molecule has 0 atom stereocenters. The predicted molar refractivity (Wildman–Crippen MR) is 526 cm³/mol. The first-order valence-electron chi connectivity index (χ1n) is 42.6. The van der Waals surface area contributed by atoms with Gasteiger partial charge in [-0.1, -0.05) is 222 Å². The van der Waals surface area contributed by atoms with Crippen LogP contribution >= 0.6 is 0 Å². The van der Waals surface area contributed by atoms with Gasteiger partial charge in [0, 0.05) is 86.4 Å². The maximum absolute atomic E-state index is 11.1. The van der Waals surface area contributed by atoms with E-state index in [4.69, 9.17) is 19.3 Å². The summed E-state index contributed by atoms with van der Waals surface area (Å²) in [4.78, 5) is 141. The van der Waals surface area contributed by atoms with Crippen molar-refractivity contribution in [3.63, 3.8) is 0 Å². The van der Waals surface area contributed by atoms with Gasteiger partial charge in [0.15, 0.2) is 63.6 Å². The standard InChI is InChI=1S/C14H18O.C14H12O.C12H16O.2C10H11NO2.C10H10O2.3C9H10O2.C9H10O.C6H6O/c2*1-11(15)12-7-9-14(10-8-12)13-5-3-2-4-6-13;1-9(13)10-5-7-11(8-6-10)12(2,3)4;1-7(12)9-3-5-10(6-4-9)11-8(2)13;1-7(12)9-4-3-5-10(6-9)11-8(2)13;1-7(11)9-4-3-5-10(6-9)8(2)12;3*1-7(10)8-3-5-9(11-2)6-4-8;1-7-3-5-9(6-4-7)8(2)10;7-6-4-2-1-3-5-6/h7-10,13H,2-6H2,1H3;2-10H,1H3;5-8H,1-4H3;2*3-6H,1-2H3,(H,11,13);3-6H,1-2H3;3*3-6H,1-2H3;3-6H,1-2H3;1-5,7H. The molecule has 2 amide bonds. The van der Waals surface area contributed by atoms with Crippen LogP contribution in [-0.2, 0) is 15.0 Å². The van der Waals surface area contributed by atoms with Crippen molar-refractivity contribution in [2.45, 2.75) is 161 Å². The lowest BCUT2D eigenvalue weighted by Crippen LogP contribution is -2.10. The van der Waals surface area contributed by atoms with Gasteiger partial charge in [-0.2, -0.15) is 0 Å². The van der Waals surface area contributed by atoms with Crippen LogP contribution in [0.25, 0.3) is 11.1 Å². The van der Waals surface area contributed by atoms with E-state index in [0.29, 0.717) is 56.1 Å². The summed E-state index contributed by atoms with van der Waals surface area (Å²) in [5, 5.41) is 13.9. The van der Waals surface area contributed by atoms with Gasteiger partial charge in [0.2, 0.25) is 11.8 Å². The molecule has 0 heterocycles. The van der Waals surface area contributed by atoms with E-state index in [1.807, 2.05) is 116 Å². The van der Waals surface area contributed by atoms with E-state index in [-0.39, 0.29) is 80.8 Å². The van der Waals surface area contributed by atoms with Crippen LogP contribution < -0.4 is 24.8 Å². The average Bonchev–Trinajstić information content (AvgIpc) is 0.849. The Morgan fingerprint density at radius 3 is 0.840 bits per heavy atom. The number of phenols is 1. The number of ketones is 11. The Hall–Kier alpha value is -14.9. The predicted octanol–water partition coefficient (Wildman–Crippen LogP) is 25.8. The number of amides is 2. The lowest BCUT2D eigenvalue weighted by molar-refractivity contribution is -0.115. The molecule has 684 valence electrons. The van der Waals surface area contributed by atoms with Crippen molar-refractivity contribution < 1.29 is 81.6 Å². The Kier molecular flexibility index (Phi) is 49.9. The lowest BCUT2D eigenvalue weighted by Gasteiger charge is -2.21. The molecule has 12 aromatic rings. The van der Waals surface area contributed by atoms with Gasteiger partial charge < -0.3 is 30.0 Å². The Balaban J connectivity index is 0.000000373. The third kappa shape index (κ3) is 44.9. The summed E-state index contributed by atoms with van der Waals surface area (Å²) >= 11 is 0. The van der Waals surface area contributed by atoms with Gasteiger partial charge in [0.05, 0.1) is 21.3 Å². The molecule has 0 spiro atoms. The van der Waals surface area contributed by atoms with Crippen LogP contribution in [0.2, 0.25) is 0 Å². The van der Waals surface area contributed by atoms with E-state index in [0.717, 1.165) is 51.0 Å². The molecule has 0 radical (unpaired) electrons. The van der Waals surface area contributed by atoms with Gasteiger partial charge in [-0.3, -0.25) is 62.3 Å². The van der Waals surface area contributed by atoms with E-state index in [1.165, 1.54) is 95.9 Å². The molecule has 1 fully saturated rings. The zero-order valence-corrected chi connectivity index (χ0v) is 79.0. The smallest absolute Gasteiger partial charge is 0.221 e. The van der Waals surface area contributed by atoms with Crippen LogP contribution in [0, 0.1) is 6.92 Å². The van der Waals surface area contributed by atoms with Gasteiger partial charge >= 0.3 is 0 Å². The van der Waals surface area contributed by atoms with Crippen molar-refractivity contribution in [2.24, 2.45) is 0 Å². The van der Waals surface area contributed by atoms with Crippen LogP contribution in [0.1, 0.15) is 279 Å². The number of carbonyl (C=O) groups excluding carboxylic acids is 13. The molecule has 12 aromatic carbocycles. The highest BCUT2D eigenvalue weighted by Gasteiger charge is 2.17. The Morgan fingerprint density at radius 1 is 0.275 bits per heavy atom. The highest BCUT2D eigenvalue weighted by molar-refractivity contribution is 6.01. The normalized spacial score (nSPS) is 10.5. The second kappa shape index (κ2) is 59.2. The molecule has 19 heteroatoms. The van der Waals surface area contributed by atoms with E-state index in [1.54, 1.807) is 240 Å². The molecule has 0 aliphatic heterocycles. The number of Topliss-reactive ketones (excluding diaryl/α,β-unsaturated/α-hetero) is 11. The van der Waals surface area contributed by atoms with E-state index in [2.05, 4.69) is 55.7 Å². The van der Waals surface area contributed by atoms with Gasteiger partial charge in [-0.05, 0) is 257 Å². The van der Waals surface area contributed by atoms with Crippen molar-refractivity contribution in [3.05, 3.63) is 381 Å². The summed E-state index contributed by atoms with van der Waals surface area (Å²) in [6.45, 7) is 28.3. The number of benzene rings is 12. The number of hydrogen-bond donors (Lipinski definition) is 3. The number of methoxy groups -OCH3 is 3. The van der Waals surface area contributed by atoms with Crippen molar-refractivity contribution in [1.29, 1.82) is 0 Å². The topological polar surface area (TPSA) is 294 Å². The zero-order chi connectivity index (χ0) is 97.7. The number of aryl methyl sites for hydroxylation is 1. The number of ether oxygens (including phenoxy) is 3. The maximum Gasteiger partial charge on any atom is 0.221 e. The molecule has 1 aliphatic carbocycles. The minimum Gasteiger partial charge on any atom is -0.508 e. The van der Waals surface area contributed by atoms with Crippen molar-refractivity contribution in [1.82, 2.24) is 0 Å². The molecule has 1 aliphatic rings. The first-order valence-corrected chi connectivity index (χ1v) is 42.6. The molecule has 0 saturated heterocycles. The molecule has 19 nitrogen and oxygen atoms in total. The highest BCUT2D eigenvalue weighted by atomic mass is 16.5. The van der Waals surface area contributed by atoms with Crippen LogP contribution in [0.3, 0.4) is 0 Å². The SMILES string of the molecule is CC(=O)Nc1ccc(C(C)=O)cc1.CC(=O)Nc1cccc(C(C)=O)c1.CC(=O)c1ccc(-c2ccccc2)cc1.CC(=O)c1ccc(C(C)(C)C)cc1.CC(=O)c1ccc(C)cc1.CC(=O)c1ccc(C2CCCCC2)cc1.CC(=O)c1cccc(C(C)=O)c1.COc1ccc(C(C)=O)cc1.COc1ccc(C(C)=O)cc1.COc1ccc(C(C)=O)cc1.Oc1ccccc1.